The SMILES string of the molecule is Cc1nn(Cc2ccccc2)c(Cl)c1C(=O)Nc1nc(-c2cc(C#N)ccn2)cs1. The Morgan fingerprint density at radius 2 is 2.07 bits per heavy atom. The lowest BCUT2D eigenvalue weighted by Crippen LogP contribution is -2.13. The van der Waals surface area contributed by atoms with Gasteiger partial charge >= 0.3 is 0 Å². The molecule has 0 aliphatic carbocycles. The van der Waals surface area contributed by atoms with E-state index in [1.54, 1.807) is 35.3 Å². The van der Waals surface area contributed by atoms with Crippen LogP contribution >= 0.6 is 22.9 Å². The van der Waals surface area contributed by atoms with Crippen molar-refractivity contribution in [3.8, 4) is 17.5 Å². The van der Waals surface area contributed by atoms with E-state index >= 15 is 0 Å². The van der Waals surface area contributed by atoms with Crippen molar-refractivity contribution in [2.45, 2.75) is 13.5 Å². The molecule has 1 amide bonds. The van der Waals surface area contributed by atoms with E-state index in [4.69, 9.17) is 16.9 Å². The van der Waals surface area contributed by atoms with Crippen LogP contribution in [0.15, 0.2) is 54.0 Å². The molecular weight excluding hydrogens is 420 g/mol. The molecule has 4 rings (SSSR count). The third kappa shape index (κ3) is 4.08. The van der Waals surface area contributed by atoms with Crippen LogP contribution in [0.25, 0.3) is 11.4 Å². The van der Waals surface area contributed by atoms with Gasteiger partial charge in [-0.1, -0.05) is 41.9 Å². The van der Waals surface area contributed by atoms with Crippen LogP contribution < -0.4 is 5.32 Å². The minimum Gasteiger partial charge on any atom is -0.298 e. The van der Waals surface area contributed by atoms with Crippen LogP contribution in [-0.2, 0) is 6.54 Å². The zero-order chi connectivity index (χ0) is 21.1. The molecule has 148 valence electrons. The van der Waals surface area contributed by atoms with Crippen molar-refractivity contribution < 1.29 is 4.79 Å². The topological polar surface area (TPSA) is 96.5 Å². The highest BCUT2D eigenvalue weighted by Gasteiger charge is 2.21. The Hall–Kier alpha value is -3.54. The smallest absolute Gasteiger partial charge is 0.262 e. The zero-order valence-corrected chi connectivity index (χ0v) is 17.4. The predicted octanol–water partition coefficient (Wildman–Crippen LogP) is 4.54. The number of thiazole rings is 1. The molecule has 0 bridgehead atoms. The molecule has 7 nitrogen and oxygen atoms in total. The number of carbonyl (C=O) groups excluding carboxylic acids is 1. The van der Waals surface area contributed by atoms with Crippen molar-refractivity contribution in [3.63, 3.8) is 0 Å². The number of hydrogen-bond acceptors (Lipinski definition) is 6. The van der Waals surface area contributed by atoms with Crippen molar-refractivity contribution in [2.24, 2.45) is 0 Å². The molecular formula is C21H15ClN6OS. The summed E-state index contributed by atoms with van der Waals surface area (Å²) in [6, 6.07) is 15.1. The van der Waals surface area contributed by atoms with E-state index in [2.05, 4.69) is 26.5 Å². The first-order valence-corrected chi connectivity index (χ1v) is 10.2. The van der Waals surface area contributed by atoms with E-state index in [1.807, 2.05) is 30.3 Å². The molecule has 1 N–H and O–H groups in total. The van der Waals surface area contributed by atoms with Crippen LogP contribution in [0.5, 0.6) is 0 Å². The van der Waals surface area contributed by atoms with Gasteiger partial charge in [-0.3, -0.25) is 15.1 Å². The molecule has 0 radical (unpaired) electrons. The number of halogens is 1. The number of pyridine rings is 1. The lowest BCUT2D eigenvalue weighted by atomic mass is 10.2. The quantitative estimate of drug-likeness (QED) is 0.497. The fraction of sp³-hybridized carbons (Fsp3) is 0.0952. The molecule has 0 spiro atoms. The third-order valence-corrected chi connectivity index (χ3v) is 5.49. The van der Waals surface area contributed by atoms with Gasteiger partial charge in [0.15, 0.2) is 5.13 Å². The lowest BCUT2D eigenvalue weighted by molar-refractivity contribution is 0.102. The summed E-state index contributed by atoms with van der Waals surface area (Å²) in [5, 5.41) is 18.7. The number of anilines is 1. The molecule has 0 saturated heterocycles. The Labute approximate surface area is 181 Å². The third-order valence-electron chi connectivity index (χ3n) is 4.34. The summed E-state index contributed by atoms with van der Waals surface area (Å²) in [5.74, 6) is -0.378. The molecule has 4 aromatic rings. The molecule has 3 aromatic heterocycles. The van der Waals surface area contributed by atoms with Gasteiger partial charge in [0.1, 0.15) is 10.8 Å². The van der Waals surface area contributed by atoms with Gasteiger partial charge in [-0.05, 0) is 24.6 Å². The van der Waals surface area contributed by atoms with Gasteiger partial charge in [0.25, 0.3) is 5.91 Å². The molecule has 0 saturated carbocycles. The highest BCUT2D eigenvalue weighted by molar-refractivity contribution is 7.14. The second-order valence-electron chi connectivity index (χ2n) is 6.43. The van der Waals surface area contributed by atoms with E-state index in [-0.39, 0.29) is 11.1 Å². The number of rotatable bonds is 5. The summed E-state index contributed by atoms with van der Waals surface area (Å²) in [6.07, 6.45) is 1.55. The Kier molecular flexibility index (Phi) is 5.57. The van der Waals surface area contributed by atoms with Crippen LogP contribution in [0.1, 0.15) is 27.2 Å². The van der Waals surface area contributed by atoms with Gasteiger partial charge in [0.2, 0.25) is 0 Å². The molecule has 0 fully saturated rings. The first-order chi connectivity index (χ1) is 14.5. The van der Waals surface area contributed by atoms with E-state index in [0.717, 1.165) is 5.56 Å². The molecule has 3 heterocycles. The molecule has 0 aliphatic rings. The van der Waals surface area contributed by atoms with Crippen molar-refractivity contribution in [1.29, 1.82) is 5.26 Å². The summed E-state index contributed by atoms with van der Waals surface area (Å²) in [5.41, 5.74) is 3.52. The molecule has 1 aromatic carbocycles. The van der Waals surface area contributed by atoms with Crippen LogP contribution in [0, 0.1) is 18.3 Å². The second-order valence-corrected chi connectivity index (χ2v) is 7.64. The number of amides is 1. The summed E-state index contributed by atoms with van der Waals surface area (Å²) in [6.45, 7) is 2.21. The van der Waals surface area contributed by atoms with Crippen molar-refractivity contribution in [3.05, 3.63) is 81.6 Å². The lowest BCUT2D eigenvalue weighted by Gasteiger charge is -2.04. The number of nitrogens with one attached hydrogen (secondary N) is 1. The minimum absolute atomic E-state index is 0.272. The highest BCUT2D eigenvalue weighted by Crippen LogP contribution is 2.26. The van der Waals surface area contributed by atoms with E-state index in [9.17, 15) is 4.79 Å². The van der Waals surface area contributed by atoms with E-state index in [1.165, 1.54) is 11.3 Å². The Bertz CT molecular complexity index is 1260. The van der Waals surface area contributed by atoms with Gasteiger partial charge < -0.3 is 0 Å². The van der Waals surface area contributed by atoms with Crippen LogP contribution in [-0.4, -0.2) is 25.7 Å². The summed E-state index contributed by atoms with van der Waals surface area (Å²) in [7, 11) is 0. The summed E-state index contributed by atoms with van der Waals surface area (Å²) >= 11 is 7.72. The van der Waals surface area contributed by atoms with Crippen molar-refractivity contribution in [1.82, 2.24) is 19.7 Å². The average molecular weight is 435 g/mol. The van der Waals surface area contributed by atoms with Gasteiger partial charge in [0, 0.05) is 11.6 Å². The van der Waals surface area contributed by atoms with Crippen molar-refractivity contribution >= 4 is 34.0 Å². The molecule has 30 heavy (non-hydrogen) atoms. The van der Waals surface area contributed by atoms with Crippen LogP contribution in [0.4, 0.5) is 5.13 Å². The van der Waals surface area contributed by atoms with Gasteiger partial charge in [-0.15, -0.1) is 11.3 Å². The molecule has 0 atom stereocenters. The first-order valence-electron chi connectivity index (χ1n) is 8.95. The Balaban J connectivity index is 1.53. The number of carbonyl (C=O) groups is 1. The number of benzene rings is 1. The number of hydrogen-bond donors (Lipinski definition) is 1. The maximum atomic E-state index is 12.8. The average Bonchev–Trinajstić information content (AvgIpc) is 3.33. The Morgan fingerprint density at radius 1 is 1.27 bits per heavy atom. The van der Waals surface area contributed by atoms with Crippen LogP contribution in [0.3, 0.4) is 0 Å². The fourth-order valence-corrected chi connectivity index (χ4v) is 3.94. The van der Waals surface area contributed by atoms with Gasteiger partial charge in [-0.25, -0.2) is 9.67 Å². The van der Waals surface area contributed by atoms with Gasteiger partial charge in [0.05, 0.1) is 35.1 Å². The maximum absolute atomic E-state index is 12.8. The van der Waals surface area contributed by atoms with Crippen LogP contribution in [0.2, 0.25) is 5.15 Å². The monoisotopic (exact) mass is 434 g/mol. The molecule has 0 aliphatic heterocycles. The first kappa shape index (κ1) is 19.8. The zero-order valence-electron chi connectivity index (χ0n) is 15.8. The summed E-state index contributed by atoms with van der Waals surface area (Å²) in [4.78, 5) is 21.5. The number of aryl methyl sites for hydroxylation is 1. The number of aromatic nitrogens is 4. The second kappa shape index (κ2) is 8.45. The van der Waals surface area contributed by atoms with Crippen molar-refractivity contribution in [2.75, 3.05) is 5.32 Å². The van der Waals surface area contributed by atoms with Gasteiger partial charge in [-0.2, -0.15) is 10.4 Å². The predicted molar refractivity (Wildman–Crippen MR) is 116 cm³/mol. The Morgan fingerprint density at radius 3 is 2.83 bits per heavy atom. The fourth-order valence-electron chi connectivity index (χ4n) is 2.92. The van der Waals surface area contributed by atoms with E-state index in [0.29, 0.717) is 39.9 Å². The molecule has 9 heteroatoms. The normalized spacial score (nSPS) is 10.6. The number of nitriles is 1. The standard InChI is InChI=1S/C21H15ClN6OS/c1-13-18(19(22)28(27-13)11-14-5-3-2-4-6-14)20(29)26-21-25-17(12-30-21)16-9-15(10-23)7-8-24-16/h2-9,12H,11H2,1H3,(H,25,26,29). The highest BCUT2D eigenvalue weighted by atomic mass is 35.5. The van der Waals surface area contributed by atoms with E-state index < -0.39 is 0 Å². The largest absolute Gasteiger partial charge is 0.298 e. The number of nitrogens with zero attached hydrogens (tertiary/aromatic N) is 5. The summed E-state index contributed by atoms with van der Waals surface area (Å²) < 4.78 is 1.60. The molecule has 0 unspecified atom stereocenters. The minimum atomic E-state index is -0.378. The maximum Gasteiger partial charge on any atom is 0.262 e.